The molecule has 3 heterocycles. The first-order chi connectivity index (χ1) is 14.2. The van der Waals surface area contributed by atoms with Crippen molar-refractivity contribution in [2.24, 2.45) is 11.8 Å². The van der Waals surface area contributed by atoms with Crippen molar-refractivity contribution >= 4 is 34.2 Å². The molecular formula is C22H32N4O3S. The van der Waals surface area contributed by atoms with Gasteiger partial charge in [-0.15, -0.1) is 11.3 Å². The minimum absolute atomic E-state index is 0.0168. The number of aromatic nitrogens is 1. The molecule has 1 aliphatic carbocycles. The number of amides is 3. The number of aryl methyl sites for hydroxylation is 2. The molecule has 1 unspecified atom stereocenters. The molecule has 8 heteroatoms. The topological polar surface area (TPSA) is 82.6 Å². The summed E-state index contributed by atoms with van der Waals surface area (Å²) in [5.41, 5.74) is 0.893. The van der Waals surface area contributed by atoms with Gasteiger partial charge in [-0.05, 0) is 59.3 Å². The predicted octanol–water partition coefficient (Wildman–Crippen LogP) is 2.85. The first kappa shape index (κ1) is 21.3. The molecule has 1 aromatic rings. The molecule has 1 aromatic heterocycles. The van der Waals surface area contributed by atoms with E-state index in [2.05, 4.69) is 10.3 Å². The van der Waals surface area contributed by atoms with Crippen LogP contribution in [0.2, 0.25) is 0 Å². The number of rotatable bonds is 3. The standard InChI is InChI=1S/C22H32N4O3S/c1-22(2,3)26-13-15(12-18(26)27)20(29)25-10-8-14(9-11-25)19(28)24-21-23-16-6-4-5-7-17(16)30-21/h14-15H,4-13H2,1-3H3,(H,23,24,28). The van der Waals surface area contributed by atoms with Gasteiger partial charge in [-0.3, -0.25) is 14.4 Å². The fraction of sp³-hybridized carbons (Fsp3) is 0.727. The van der Waals surface area contributed by atoms with Gasteiger partial charge in [0.1, 0.15) is 0 Å². The highest BCUT2D eigenvalue weighted by Crippen LogP contribution is 2.31. The van der Waals surface area contributed by atoms with Crippen molar-refractivity contribution in [1.29, 1.82) is 0 Å². The molecule has 1 N–H and O–H groups in total. The Morgan fingerprint density at radius 2 is 1.80 bits per heavy atom. The van der Waals surface area contributed by atoms with E-state index < -0.39 is 0 Å². The van der Waals surface area contributed by atoms with Crippen LogP contribution in [0.15, 0.2) is 0 Å². The molecule has 0 bridgehead atoms. The number of nitrogens with one attached hydrogen (secondary N) is 1. The smallest absolute Gasteiger partial charge is 0.229 e. The highest BCUT2D eigenvalue weighted by Gasteiger charge is 2.41. The number of carbonyl (C=O) groups excluding carboxylic acids is 3. The first-order valence-corrected chi connectivity index (χ1v) is 11.9. The highest BCUT2D eigenvalue weighted by molar-refractivity contribution is 7.15. The van der Waals surface area contributed by atoms with Crippen molar-refractivity contribution in [3.8, 4) is 0 Å². The van der Waals surface area contributed by atoms with Gasteiger partial charge < -0.3 is 15.1 Å². The zero-order valence-corrected chi connectivity index (χ0v) is 19.0. The maximum Gasteiger partial charge on any atom is 0.229 e. The van der Waals surface area contributed by atoms with Gasteiger partial charge in [-0.2, -0.15) is 0 Å². The summed E-state index contributed by atoms with van der Waals surface area (Å²) in [6.45, 7) is 7.65. The van der Waals surface area contributed by atoms with E-state index in [1.54, 1.807) is 11.3 Å². The summed E-state index contributed by atoms with van der Waals surface area (Å²) >= 11 is 1.61. The van der Waals surface area contributed by atoms with Crippen LogP contribution in [0.4, 0.5) is 5.13 Å². The average molecular weight is 433 g/mol. The minimum Gasteiger partial charge on any atom is -0.342 e. The zero-order valence-electron chi connectivity index (χ0n) is 18.2. The molecule has 0 radical (unpaired) electrons. The Morgan fingerprint density at radius 3 is 2.43 bits per heavy atom. The number of fused-ring (bicyclic) bond motifs is 1. The number of thiazole rings is 1. The first-order valence-electron chi connectivity index (χ1n) is 11.1. The summed E-state index contributed by atoms with van der Waals surface area (Å²) in [7, 11) is 0. The zero-order chi connectivity index (χ0) is 21.5. The normalized spacial score (nSPS) is 22.9. The summed E-state index contributed by atoms with van der Waals surface area (Å²) in [6.07, 6.45) is 6.08. The molecule has 0 saturated carbocycles. The quantitative estimate of drug-likeness (QED) is 0.796. The van der Waals surface area contributed by atoms with E-state index in [1.165, 1.54) is 17.7 Å². The molecule has 7 nitrogen and oxygen atoms in total. The summed E-state index contributed by atoms with van der Waals surface area (Å²) < 4.78 is 0. The Hall–Kier alpha value is -1.96. The maximum atomic E-state index is 12.9. The number of hydrogen-bond acceptors (Lipinski definition) is 5. The van der Waals surface area contributed by atoms with Crippen LogP contribution in [0.25, 0.3) is 0 Å². The van der Waals surface area contributed by atoms with E-state index in [1.807, 2.05) is 30.6 Å². The van der Waals surface area contributed by atoms with Gasteiger partial charge in [0.2, 0.25) is 17.7 Å². The molecule has 2 fully saturated rings. The van der Waals surface area contributed by atoms with Gasteiger partial charge in [0, 0.05) is 42.4 Å². The molecule has 30 heavy (non-hydrogen) atoms. The number of carbonyl (C=O) groups is 3. The third-order valence-corrected chi connectivity index (χ3v) is 7.61. The number of piperidine rings is 1. The SMILES string of the molecule is CC(C)(C)N1CC(C(=O)N2CCC(C(=O)Nc3nc4c(s3)CCCC4)CC2)CC1=O. The van der Waals surface area contributed by atoms with Gasteiger partial charge in [0.15, 0.2) is 5.13 Å². The maximum absolute atomic E-state index is 12.9. The van der Waals surface area contributed by atoms with E-state index >= 15 is 0 Å². The number of anilines is 1. The fourth-order valence-corrected chi connectivity index (χ4v) is 5.81. The number of nitrogens with zero attached hydrogens (tertiary/aromatic N) is 3. The van der Waals surface area contributed by atoms with Gasteiger partial charge >= 0.3 is 0 Å². The largest absolute Gasteiger partial charge is 0.342 e. The van der Waals surface area contributed by atoms with Crippen molar-refractivity contribution in [2.75, 3.05) is 25.0 Å². The highest BCUT2D eigenvalue weighted by atomic mass is 32.1. The van der Waals surface area contributed by atoms with E-state index in [0.717, 1.165) is 23.7 Å². The van der Waals surface area contributed by atoms with Gasteiger partial charge in [-0.1, -0.05) is 0 Å². The lowest BCUT2D eigenvalue weighted by atomic mass is 9.94. The fourth-order valence-electron chi connectivity index (χ4n) is 4.75. The van der Waals surface area contributed by atoms with Crippen LogP contribution >= 0.6 is 11.3 Å². The van der Waals surface area contributed by atoms with Crippen LogP contribution in [-0.4, -0.2) is 57.7 Å². The van der Waals surface area contributed by atoms with Crippen LogP contribution in [0.3, 0.4) is 0 Å². The van der Waals surface area contributed by atoms with Crippen LogP contribution in [0.1, 0.15) is 63.4 Å². The lowest BCUT2D eigenvalue weighted by molar-refractivity contribution is -0.138. The summed E-state index contributed by atoms with van der Waals surface area (Å²) in [5, 5.41) is 3.73. The third-order valence-electron chi connectivity index (χ3n) is 6.54. The van der Waals surface area contributed by atoms with Crippen molar-refractivity contribution in [3.63, 3.8) is 0 Å². The molecule has 2 aliphatic heterocycles. The Morgan fingerprint density at radius 1 is 1.10 bits per heavy atom. The second-order valence-corrected chi connectivity index (χ2v) is 10.8. The van der Waals surface area contributed by atoms with Gasteiger partial charge in [0.25, 0.3) is 0 Å². The van der Waals surface area contributed by atoms with E-state index in [4.69, 9.17) is 0 Å². The molecule has 0 aromatic carbocycles. The minimum atomic E-state index is -0.260. The third kappa shape index (κ3) is 4.38. The summed E-state index contributed by atoms with van der Waals surface area (Å²) in [5.74, 6) is -0.221. The van der Waals surface area contributed by atoms with E-state index in [0.29, 0.717) is 38.9 Å². The van der Waals surface area contributed by atoms with Crippen molar-refractivity contribution in [3.05, 3.63) is 10.6 Å². The summed E-state index contributed by atoms with van der Waals surface area (Å²) in [4.78, 5) is 47.5. The lowest BCUT2D eigenvalue weighted by Crippen LogP contribution is -2.46. The predicted molar refractivity (Wildman–Crippen MR) is 116 cm³/mol. The van der Waals surface area contributed by atoms with E-state index in [9.17, 15) is 14.4 Å². The van der Waals surface area contributed by atoms with Crippen molar-refractivity contribution < 1.29 is 14.4 Å². The van der Waals surface area contributed by atoms with E-state index in [-0.39, 0.29) is 35.1 Å². The molecule has 2 saturated heterocycles. The van der Waals surface area contributed by atoms with Crippen molar-refractivity contribution in [1.82, 2.24) is 14.8 Å². The van der Waals surface area contributed by atoms with Crippen LogP contribution in [0, 0.1) is 11.8 Å². The average Bonchev–Trinajstić information content (AvgIpc) is 3.30. The Kier molecular flexibility index (Phi) is 5.88. The second kappa shape index (κ2) is 8.29. The lowest BCUT2D eigenvalue weighted by Gasteiger charge is -2.34. The van der Waals surface area contributed by atoms with Gasteiger partial charge in [0.05, 0.1) is 11.6 Å². The molecule has 4 rings (SSSR count). The van der Waals surface area contributed by atoms with Crippen LogP contribution in [-0.2, 0) is 27.2 Å². The Labute approximate surface area is 182 Å². The van der Waals surface area contributed by atoms with Gasteiger partial charge in [-0.25, -0.2) is 4.98 Å². The Balaban J connectivity index is 1.28. The molecule has 164 valence electrons. The molecule has 0 spiro atoms. The number of likely N-dealkylation sites (tertiary alicyclic amines) is 2. The van der Waals surface area contributed by atoms with Crippen molar-refractivity contribution in [2.45, 2.75) is 71.3 Å². The Bertz CT molecular complexity index is 812. The monoisotopic (exact) mass is 432 g/mol. The molecule has 3 aliphatic rings. The van der Waals surface area contributed by atoms with Crippen LogP contribution < -0.4 is 5.32 Å². The molecular weight excluding hydrogens is 400 g/mol. The molecule has 3 amide bonds. The van der Waals surface area contributed by atoms with Crippen LogP contribution in [0.5, 0.6) is 0 Å². The molecule has 1 atom stereocenters. The second-order valence-electron chi connectivity index (χ2n) is 9.76. The number of hydrogen-bond donors (Lipinski definition) is 1. The summed E-state index contributed by atoms with van der Waals surface area (Å²) in [6, 6.07) is 0.